The zero-order chi connectivity index (χ0) is 17.1. The molecule has 0 spiro atoms. The van der Waals surface area contributed by atoms with Crippen LogP contribution in [0.3, 0.4) is 0 Å². The van der Waals surface area contributed by atoms with Gasteiger partial charge in [-0.2, -0.15) is 0 Å². The molecule has 1 aliphatic rings. The number of carbonyl (C=O) groups excluding carboxylic acids is 3. The molecule has 1 atom stereocenters. The van der Waals surface area contributed by atoms with Crippen LogP contribution in [0.4, 0.5) is 0 Å². The molecule has 6 heteroatoms. The van der Waals surface area contributed by atoms with Gasteiger partial charge in [0.1, 0.15) is 5.69 Å². The van der Waals surface area contributed by atoms with Gasteiger partial charge in [0.15, 0.2) is 5.78 Å². The van der Waals surface area contributed by atoms with Crippen molar-refractivity contribution in [2.24, 2.45) is 0 Å². The minimum atomic E-state index is -1.02. The number of carbonyl (C=O) groups is 3. The molecule has 0 bridgehead atoms. The SMILES string of the molecule is CC(=O)c1c[nH]c(C(=O)OC(C(=O)NC2CC2)c2ccccc2)c1. The second-order valence-electron chi connectivity index (χ2n) is 5.84. The minimum absolute atomic E-state index is 0.139. The lowest BCUT2D eigenvalue weighted by Gasteiger charge is -2.17. The van der Waals surface area contributed by atoms with Gasteiger partial charge in [0.05, 0.1) is 0 Å². The molecule has 1 amide bonds. The van der Waals surface area contributed by atoms with Crippen molar-refractivity contribution in [1.82, 2.24) is 10.3 Å². The van der Waals surface area contributed by atoms with Crippen molar-refractivity contribution in [3.8, 4) is 0 Å². The number of Topliss-reactive ketones (excluding diaryl/α,β-unsaturated/α-hetero) is 1. The Bertz CT molecular complexity index is 762. The van der Waals surface area contributed by atoms with E-state index < -0.39 is 12.1 Å². The zero-order valence-electron chi connectivity index (χ0n) is 13.2. The van der Waals surface area contributed by atoms with E-state index in [2.05, 4.69) is 10.3 Å². The summed E-state index contributed by atoms with van der Waals surface area (Å²) in [5, 5.41) is 2.85. The fraction of sp³-hybridized carbons (Fsp3) is 0.278. The molecular weight excluding hydrogens is 308 g/mol. The maximum atomic E-state index is 12.4. The molecule has 1 unspecified atom stereocenters. The van der Waals surface area contributed by atoms with Gasteiger partial charge in [-0.25, -0.2) is 4.79 Å². The molecule has 24 heavy (non-hydrogen) atoms. The Hall–Kier alpha value is -2.89. The van der Waals surface area contributed by atoms with Crippen LogP contribution in [0.2, 0.25) is 0 Å². The smallest absolute Gasteiger partial charge is 0.355 e. The molecule has 1 saturated carbocycles. The number of ether oxygens (including phenoxy) is 1. The van der Waals surface area contributed by atoms with E-state index in [0.717, 1.165) is 12.8 Å². The molecule has 2 aromatic rings. The van der Waals surface area contributed by atoms with Gasteiger partial charge in [-0.05, 0) is 25.8 Å². The van der Waals surface area contributed by atoms with Crippen LogP contribution in [-0.2, 0) is 9.53 Å². The summed E-state index contributed by atoms with van der Waals surface area (Å²) >= 11 is 0. The summed E-state index contributed by atoms with van der Waals surface area (Å²) in [4.78, 5) is 38.8. The number of nitrogens with one attached hydrogen (secondary N) is 2. The van der Waals surface area contributed by atoms with Crippen LogP contribution >= 0.6 is 0 Å². The summed E-state index contributed by atoms with van der Waals surface area (Å²) in [6.07, 6.45) is 2.31. The normalized spacial score (nSPS) is 14.7. The number of H-pyrrole nitrogens is 1. The van der Waals surface area contributed by atoms with Crippen molar-refractivity contribution in [2.75, 3.05) is 0 Å². The number of rotatable bonds is 6. The molecule has 0 saturated heterocycles. The average Bonchev–Trinajstić information content (AvgIpc) is 3.24. The van der Waals surface area contributed by atoms with Crippen LogP contribution in [0.1, 0.15) is 52.3 Å². The summed E-state index contributed by atoms with van der Waals surface area (Å²) in [6, 6.07) is 10.4. The van der Waals surface area contributed by atoms with Crippen LogP contribution < -0.4 is 5.32 Å². The fourth-order valence-corrected chi connectivity index (χ4v) is 2.29. The van der Waals surface area contributed by atoms with E-state index in [1.807, 2.05) is 6.07 Å². The Morgan fingerprint density at radius 3 is 2.50 bits per heavy atom. The van der Waals surface area contributed by atoms with Crippen LogP contribution in [0.15, 0.2) is 42.6 Å². The topological polar surface area (TPSA) is 88.3 Å². The van der Waals surface area contributed by atoms with Crippen molar-refractivity contribution < 1.29 is 19.1 Å². The first-order chi connectivity index (χ1) is 11.5. The van der Waals surface area contributed by atoms with Crippen LogP contribution in [0.5, 0.6) is 0 Å². The lowest BCUT2D eigenvalue weighted by molar-refractivity contribution is -0.130. The highest BCUT2D eigenvalue weighted by atomic mass is 16.5. The maximum absolute atomic E-state index is 12.4. The van der Waals surface area contributed by atoms with Crippen LogP contribution in [-0.4, -0.2) is 28.7 Å². The van der Waals surface area contributed by atoms with Crippen molar-refractivity contribution in [1.29, 1.82) is 0 Å². The van der Waals surface area contributed by atoms with Crippen molar-refractivity contribution in [3.63, 3.8) is 0 Å². The quantitative estimate of drug-likeness (QED) is 0.630. The molecule has 1 heterocycles. The van der Waals surface area contributed by atoms with Crippen molar-refractivity contribution in [2.45, 2.75) is 31.9 Å². The zero-order valence-corrected chi connectivity index (χ0v) is 13.2. The predicted molar refractivity (Wildman–Crippen MR) is 86.6 cm³/mol. The number of aromatic nitrogens is 1. The van der Waals surface area contributed by atoms with Crippen molar-refractivity contribution >= 4 is 17.7 Å². The highest BCUT2D eigenvalue weighted by molar-refractivity contribution is 5.98. The van der Waals surface area contributed by atoms with Gasteiger partial charge in [-0.15, -0.1) is 0 Å². The molecule has 3 rings (SSSR count). The summed E-state index contributed by atoms with van der Waals surface area (Å²) in [6.45, 7) is 1.41. The second-order valence-corrected chi connectivity index (χ2v) is 5.84. The Balaban J connectivity index is 1.78. The van der Waals surface area contributed by atoms with Gasteiger partial charge in [0, 0.05) is 23.4 Å². The molecule has 124 valence electrons. The Morgan fingerprint density at radius 1 is 1.21 bits per heavy atom. The molecule has 0 radical (unpaired) electrons. The highest BCUT2D eigenvalue weighted by Crippen LogP contribution is 2.24. The largest absolute Gasteiger partial charge is 0.443 e. The molecular formula is C18H18N2O4. The third kappa shape index (κ3) is 3.71. The monoisotopic (exact) mass is 326 g/mol. The number of hydrogen-bond donors (Lipinski definition) is 2. The van der Waals surface area contributed by atoms with Crippen LogP contribution in [0.25, 0.3) is 0 Å². The Kier molecular flexibility index (Phi) is 4.46. The second kappa shape index (κ2) is 6.70. The van der Waals surface area contributed by atoms with E-state index >= 15 is 0 Å². The number of hydrogen-bond acceptors (Lipinski definition) is 4. The van der Waals surface area contributed by atoms with Crippen LogP contribution in [0, 0.1) is 0 Å². The van der Waals surface area contributed by atoms with E-state index in [1.165, 1.54) is 19.2 Å². The van der Waals surface area contributed by atoms with Gasteiger partial charge in [-0.1, -0.05) is 30.3 Å². The predicted octanol–water partition coefficient (Wildman–Crippen LogP) is 2.39. The highest BCUT2D eigenvalue weighted by Gasteiger charge is 2.31. The van der Waals surface area contributed by atoms with Gasteiger partial charge >= 0.3 is 5.97 Å². The Labute approximate surface area is 139 Å². The molecule has 1 aromatic heterocycles. The van der Waals surface area contributed by atoms with Gasteiger partial charge < -0.3 is 15.0 Å². The average molecular weight is 326 g/mol. The number of esters is 1. The molecule has 1 aromatic carbocycles. The van der Waals surface area contributed by atoms with E-state index in [9.17, 15) is 14.4 Å². The summed E-state index contributed by atoms with van der Waals surface area (Å²) in [7, 11) is 0. The summed E-state index contributed by atoms with van der Waals surface area (Å²) in [5.41, 5.74) is 1.13. The van der Waals surface area contributed by atoms with Gasteiger partial charge in [0.25, 0.3) is 5.91 Å². The first-order valence-corrected chi connectivity index (χ1v) is 7.80. The fourth-order valence-electron chi connectivity index (χ4n) is 2.29. The number of aromatic amines is 1. The maximum Gasteiger partial charge on any atom is 0.355 e. The lowest BCUT2D eigenvalue weighted by atomic mass is 10.1. The van der Waals surface area contributed by atoms with Crippen molar-refractivity contribution in [3.05, 3.63) is 59.4 Å². The third-order valence-electron chi connectivity index (χ3n) is 3.80. The van der Waals surface area contributed by atoms with E-state index in [4.69, 9.17) is 4.74 Å². The number of benzene rings is 1. The molecule has 2 N–H and O–H groups in total. The van der Waals surface area contributed by atoms with E-state index in [-0.39, 0.29) is 23.4 Å². The first kappa shape index (κ1) is 16.0. The Morgan fingerprint density at radius 2 is 1.92 bits per heavy atom. The van der Waals surface area contributed by atoms with Gasteiger partial charge in [0.2, 0.25) is 6.10 Å². The third-order valence-corrected chi connectivity index (χ3v) is 3.80. The van der Waals surface area contributed by atoms with E-state index in [1.54, 1.807) is 24.3 Å². The molecule has 6 nitrogen and oxygen atoms in total. The van der Waals surface area contributed by atoms with Gasteiger partial charge in [-0.3, -0.25) is 9.59 Å². The number of ketones is 1. The molecule has 1 aliphatic carbocycles. The standard InChI is InChI=1S/C18H18N2O4/c1-11(21)13-9-15(19-10-13)18(23)24-16(12-5-3-2-4-6-12)17(22)20-14-7-8-14/h2-6,9-10,14,16,19H,7-8H2,1H3,(H,20,22). The summed E-state index contributed by atoms with van der Waals surface area (Å²) < 4.78 is 5.41. The number of amides is 1. The summed E-state index contributed by atoms with van der Waals surface area (Å²) in [5.74, 6) is -1.17. The minimum Gasteiger partial charge on any atom is -0.443 e. The first-order valence-electron chi connectivity index (χ1n) is 7.80. The molecule has 1 fully saturated rings. The molecule has 0 aliphatic heterocycles. The lowest BCUT2D eigenvalue weighted by Crippen LogP contribution is -2.33. The van der Waals surface area contributed by atoms with E-state index in [0.29, 0.717) is 11.1 Å².